The fourth-order valence-corrected chi connectivity index (χ4v) is 2.47. The topological polar surface area (TPSA) is 29.5 Å². The first-order valence-corrected chi connectivity index (χ1v) is 7.44. The molecule has 1 aliphatic heterocycles. The second-order valence-electron chi connectivity index (χ2n) is 4.71. The van der Waals surface area contributed by atoms with Gasteiger partial charge in [0.1, 0.15) is 5.75 Å². The number of hydrogen-bond donors (Lipinski definition) is 0. The molecule has 2 rings (SSSR count). The largest absolute Gasteiger partial charge is 0.491 e. The molecule has 19 heavy (non-hydrogen) atoms. The summed E-state index contributed by atoms with van der Waals surface area (Å²) in [6.07, 6.45) is 4.76. The highest BCUT2D eigenvalue weighted by molar-refractivity contribution is 6.17. The van der Waals surface area contributed by atoms with Crippen LogP contribution in [-0.2, 0) is 4.79 Å². The number of fused-ring (bicyclic) bond motifs is 1. The zero-order chi connectivity index (χ0) is 13.5. The van der Waals surface area contributed by atoms with Crippen LogP contribution in [0.1, 0.15) is 32.1 Å². The molecule has 3 nitrogen and oxygen atoms in total. The molecule has 104 valence electrons. The molecule has 0 aliphatic carbocycles. The van der Waals surface area contributed by atoms with Gasteiger partial charge in [-0.05, 0) is 25.0 Å². The van der Waals surface area contributed by atoms with E-state index in [1.165, 1.54) is 0 Å². The Morgan fingerprint density at radius 3 is 2.79 bits per heavy atom. The smallest absolute Gasteiger partial charge is 0.230 e. The van der Waals surface area contributed by atoms with Gasteiger partial charge in [-0.25, -0.2) is 0 Å². The van der Waals surface area contributed by atoms with E-state index in [1.54, 1.807) is 0 Å². The van der Waals surface area contributed by atoms with Gasteiger partial charge in [0.05, 0.1) is 18.7 Å². The Balaban J connectivity index is 1.98. The lowest BCUT2D eigenvalue weighted by Gasteiger charge is -2.21. The predicted molar refractivity (Wildman–Crippen MR) is 78.1 cm³/mol. The van der Waals surface area contributed by atoms with Crippen LogP contribution >= 0.6 is 11.6 Å². The van der Waals surface area contributed by atoms with Gasteiger partial charge in [0.15, 0.2) is 0 Å². The minimum Gasteiger partial charge on any atom is -0.491 e. The summed E-state index contributed by atoms with van der Waals surface area (Å²) in [6, 6.07) is 7.76. The van der Waals surface area contributed by atoms with Crippen LogP contribution in [0.25, 0.3) is 0 Å². The minimum atomic E-state index is 0.155. The molecule has 0 unspecified atom stereocenters. The fourth-order valence-electron chi connectivity index (χ4n) is 2.28. The van der Waals surface area contributed by atoms with Crippen LogP contribution in [0, 0.1) is 0 Å². The monoisotopic (exact) mass is 281 g/mol. The summed E-state index contributed by atoms with van der Waals surface area (Å²) >= 11 is 5.66. The van der Waals surface area contributed by atoms with E-state index in [0.717, 1.165) is 49.5 Å². The summed E-state index contributed by atoms with van der Waals surface area (Å²) in [6.45, 7) is 1.24. The number of ether oxygens (including phenoxy) is 1. The second kappa shape index (κ2) is 7.39. The lowest BCUT2D eigenvalue weighted by atomic mass is 10.2. The molecule has 4 heteroatoms. The van der Waals surface area contributed by atoms with Crippen LogP contribution < -0.4 is 9.64 Å². The molecule has 0 saturated carbocycles. The van der Waals surface area contributed by atoms with E-state index in [1.807, 2.05) is 29.2 Å². The van der Waals surface area contributed by atoms with Crippen molar-refractivity contribution in [1.29, 1.82) is 0 Å². The summed E-state index contributed by atoms with van der Waals surface area (Å²) in [4.78, 5) is 14.0. The average molecular weight is 282 g/mol. The van der Waals surface area contributed by atoms with Gasteiger partial charge >= 0.3 is 0 Å². The zero-order valence-electron chi connectivity index (χ0n) is 11.1. The SMILES string of the molecule is O=C1CCOc2ccccc2N1CCCCCCCl. The van der Waals surface area contributed by atoms with Crippen LogP contribution in [0.5, 0.6) is 5.75 Å². The fraction of sp³-hybridized carbons (Fsp3) is 0.533. The zero-order valence-corrected chi connectivity index (χ0v) is 11.9. The van der Waals surface area contributed by atoms with Crippen molar-refractivity contribution in [2.45, 2.75) is 32.1 Å². The Bertz CT molecular complexity index is 422. The molecule has 0 spiro atoms. The van der Waals surface area contributed by atoms with Crippen molar-refractivity contribution >= 4 is 23.2 Å². The highest BCUT2D eigenvalue weighted by Gasteiger charge is 2.22. The van der Waals surface area contributed by atoms with Crippen LogP contribution in [0.15, 0.2) is 24.3 Å². The second-order valence-corrected chi connectivity index (χ2v) is 5.09. The number of carbonyl (C=O) groups is 1. The molecule has 0 fully saturated rings. The molecule has 0 aromatic heterocycles. The summed E-state index contributed by atoms with van der Waals surface area (Å²) in [5.74, 6) is 1.69. The van der Waals surface area contributed by atoms with Crippen LogP contribution in [0.4, 0.5) is 5.69 Å². The van der Waals surface area contributed by atoms with E-state index in [-0.39, 0.29) is 5.91 Å². The van der Waals surface area contributed by atoms with Gasteiger partial charge < -0.3 is 9.64 Å². The van der Waals surface area contributed by atoms with E-state index in [0.29, 0.717) is 13.0 Å². The summed E-state index contributed by atoms with van der Waals surface area (Å²) in [5.41, 5.74) is 0.905. The molecule has 0 radical (unpaired) electrons. The van der Waals surface area contributed by atoms with Crippen molar-refractivity contribution < 1.29 is 9.53 Å². The number of rotatable bonds is 6. The molecule has 1 aromatic rings. The molecule has 0 saturated heterocycles. The maximum Gasteiger partial charge on any atom is 0.230 e. The van der Waals surface area contributed by atoms with Gasteiger partial charge in [-0.2, -0.15) is 0 Å². The molecule has 0 atom stereocenters. The molecular formula is C15H20ClNO2. The molecular weight excluding hydrogens is 262 g/mol. The summed E-state index contributed by atoms with van der Waals surface area (Å²) in [5, 5.41) is 0. The van der Waals surface area contributed by atoms with Gasteiger partial charge in [0.25, 0.3) is 0 Å². The Kier molecular flexibility index (Phi) is 5.52. The maximum absolute atomic E-state index is 12.1. The maximum atomic E-state index is 12.1. The van der Waals surface area contributed by atoms with Crippen molar-refractivity contribution in [2.75, 3.05) is 23.9 Å². The number of halogens is 1. The van der Waals surface area contributed by atoms with Crippen molar-refractivity contribution in [3.05, 3.63) is 24.3 Å². The highest BCUT2D eigenvalue weighted by Crippen LogP contribution is 2.31. The average Bonchev–Trinajstić information content (AvgIpc) is 2.58. The lowest BCUT2D eigenvalue weighted by molar-refractivity contribution is -0.118. The Morgan fingerprint density at radius 2 is 1.95 bits per heavy atom. The van der Waals surface area contributed by atoms with Gasteiger partial charge in [-0.3, -0.25) is 4.79 Å². The number of alkyl halides is 1. The Morgan fingerprint density at radius 1 is 1.16 bits per heavy atom. The number of para-hydroxylation sites is 2. The number of anilines is 1. The lowest BCUT2D eigenvalue weighted by Crippen LogP contribution is -2.31. The molecule has 1 heterocycles. The summed E-state index contributed by atoms with van der Waals surface area (Å²) in [7, 11) is 0. The summed E-state index contributed by atoms with van der Waals surface area (Å²) < 4.78 is 5.61. The third kappa shape index (κ3) is 3.87. The van der Waals surface area contributed by atoms with Crippen molar-refractivity contribution in [3.63, 3.8) is 0 Å². The van der Waals surface area contributed by atoms with Gasteiger partial charge in [0.2, 0.25) is 5.91 Å². The third-order valence-corrected chi connectivity index (χ3v) is 3.56. The first-order valence-electron chi connectivity index (χ1n) is 6.91. The van der Waals surface area contributed by atoms with Gasteiger partial charge in [-0.1, -0.05) is 25.0 Å². The number of carbonyl (C=O) groups excluding carboxylic acids is 1. The van der Waals surface area contributed by atoms with E-state index in [9.17, 15) is 4.79 Å². The Labute approximate surface area is 119 Å². The number of amides is 1. The quantitative estimate of drug-likeness (QED) is 0.589. The third-order valence-electron chi connectivity index (χ3n) is 3.30. The van der Waals surface area contributed by atoms with Gasteiger partial charge in [0, 0.05) is 12.4 Å². The normalized spacial score (nSPS) is 14.8. The van der Waals surface area contributed by atoms with E-state index < -0.39 is 0 Å². The Hall–Kier alpha value is -1.22. The van der Waals surface area contributed by atoms with E-state index in [2.05, 4.69) is 0 Å². The highest BCUT2D eigenvalue weighted by atomic mass is 35.5. The minimum absolute atomic E-state index is 0.155. The number of unbranched alkanes of at least 4 members (excludes halogenated alkanes) is 3. The van der Waals surface area contributed by atoms with Crippen molar-refractivity contribution in [3.8, 4) is 5.75 Å². The number of nitrogens with zero attached hydrogens (tertiary/aromatic N) is 1. The molecule has 1 aromatic carbocycles. The van der Waals surface area contributed by atoms with Crippen LogP contribution in [0.2, 0.25) is 0 Å². The van der Waals surface area contributed by atoms with E-state index >= 15 is 0 Å². The van der Waals surface area contributed by atoms with Crippen LogP contribution in [-0.4, -0.2) is 24.9 Å². The van der Waals surface area contributed by atoms with Crippen molar-refractivity contribution in [2.24, 2.45) is 0 Å². The first kappa shape index (κ1) is 14.2. The van der Waals surface area contributed by atoms with Crippen LogP contribution in [0.3, 0.4) is 0 Å². The molecule has 0 N–H and O–H groups in total. The van der Waals surface area contributed by atoms with Gasteiger partial charge in [-0.15, -0.1) is 11.6 Å². The predicted octanol–water partition coefficient (Wildman–Crippen LogP) is 3.60. The molecule has 1 amide bonds. The molecule has 0 bridgehead atoms. The van der Waals surface area contributed by atoms with E-state index in [4.69, 9.17) is 16.3 Å². The first-order chi connectivity index (χ1) is 9.33. The molecule has 1 aliphatic rings. The standard InChI is InChI=1S/C15H20ClNO2/c16-10-5-1-2-6-11-17-13-7-3-4-8-14(13)19-12-9-15(17)18/h3-4,7-8H,1-2,5-6,9-12H2. The van der Waals surface area contributed by atoms with Crippen molar-refractivity contribution in [1.82, 2.24) is 0 Å². The number of benzene rings is 1. The number of hydrogen-bond acceptors (Lipinski definition) is 2.